The van der Waals surface area contributed by atoms with Crippen LogP contribution >= 0.6 is 0 Å². The number of rotatable bonds is 1. The molecule has 5 heteroatoms. The number of ether oxygens (including phenoxy) is 1. The van der Waals surface area contributed by atoms with E-state index < -0.39 is 0 Å². The Morgan fingerprint density at radius 3 is 2.00 bits per heavy atom. The Morgan fingerprint density at radius 2 is 1.60 bits per heavy atom. The SMILES string of the molecule is CN(C)N1C(=O)[C@@H]2[C@@H](C1=O)[C@H]1C=C[C@H]2O1. The van der Waals surface area contributed by atoms with Crippen molar-refractivity contribution in [1.82, 2.24) is 10.0 Å². The number of hydrogen-bond acceptors (Lipinski definition) is 4. The molecule has 2 saturated heterocycles. The average molecular weight is 208 g/mol. The predicted octanol–water partition coefficient (Wildman–Crippen LogP) is -0.599. The quantitative estimate of drug-likeness (QED) is 0.426. The lowest BCUT2D eigenvalue weighted by Crippen LogP contribution is -2.43. The second-order valence-electron chi connectivity index (χ2n) is 4.34. The van der Waals surface area contributed by atoms with Crippen LogP contribution in [-0.4, -0.2) is 48.1 Å². The average Bonchev–Trinajstić information content (AvgIpc) is 2.79. The van der Waals surface area contributed by atoms with Crippen LogP contribution in [0.5, 0.6) is 0 Å². The van der Waals surface area contributed by atoms with Gasteiger partial charge in [-0.25, -0.2) is 10.0 Å². The van der Waals surface area contributed by atoms with Crippen LogP contribution in [0.25, 0.3) is 0 Å². The van der Waals surface area contributed by atoms with Gasteiger partial charge >= 0.3 is 0 Å². The first-order chi connectivity index (χ1) is 7.11. The molecule has 80 valence electrons. The lowest BCUT2D eigenvalue weighted by molar-refractivity contribution is -0.157. The van der Waals surface area contributed by atoms with Crippen LogP contribution in [-0.2, 0) is 14.3 Å². The highest BCUT2D eigenvalue weighted by atomic mass is 16.5. The zero-order chi connectivity index (χ0) is 10.7. The summed E-state index contributed by atoms with van der Waals surface area (Å²) >= 11 is 0. The summed E-state index contributed by atoms with van der Waals surface area (Å²) in [6.45, 7) is 0. The molecule has 3 rings (SSSR count). The normalized spacial score (nSPS) is 42.2. The van der Waals surface area contributed by atoms with E-state index in [1.807, 2.05) is 12.2 Å². The van der Waals surface area contributed by atoms with Crippen molar-refractivity contribution in [1.29, 1.82) is 0 Å². The fraction of sp³-hybridized carbons (Fsp3) is 0.600. The Bertz CT molecular complexity index is 347. The van der Waals surface area contributed by atoms with Crippen LogP contribution in [0.2, 0.25) is 0 Å². The zero-order valence-corrected chi connectivity index (χ0v) is 8.58. The Kier molecular flexibility index (Phi) is 1.62. The molecule has 3 aliphatic heterocycles. The van der Waals surface area contributed by atoms with Crippen molar-refractivity contribution >= 4 is 11.8 Å². The third-order valence-corrected chi connectivity index (χ3v) is 3.29. The first kappa shape index (κ1) is 9.06. The number of fused-ring (bicyclic) bond motifs is 5. The van der Waals surface area contributed by atoms with Gasteiger partial charge in [0.15, 0.2) is 0 Å². The van der Waals surface area contributed by atoms with Gasteiger partial charge in [-0.3, -0.25) is 9.59 Å². The smallest absolute Gasteiger partial charge is 0.250 e. The third kappa shape index (κ3) is 0.943. The molecule has 2 amide bonds. The van der Waals surface area contributed by atoms with Gasteiger partial charge in [0.1, 0.15) is 0 Å². The van der Waals surface area contributed by atoms with E-state index >= 15 is 0 Å². The summed E-state index contributed by atoms with van der Waals surface area (Å²) in [5.41, 5.74) is 0. The van der Waals surface area contributed by atoms with Crippen molar-refractivity contribution in [2.75, 3.05) is 14.1 Å². The highest BCUT2D eigenvalue weighted by Gasteiger charge is 2.61. The molecule has 4 atom stereocenters. The van der Waals surface area contributed by atoms with Gasteiger partial charge in [-0.05, 0) is 0 Å². The van der Waals surface area contributed by atoms with Gasteiger partial charge in [-0.1, -0.05) is 12.2 Å². The molecule has 5 nitrogen and oxygen atoms in total. The first-order valence-electron chi connectivity index (χ1n) is 5.00. The maximum absolute atomic E-state index is 12.0. The molecule has 0 saturated carbocycles. The molecule has 0 N–H and O–H groups in total. The Morgan fingerprint density at radius 1 is 1.13 bits per heavy atom. The summed E-state index contributed by atoms with van der Waals surface area (Å²) in [6.07, 6.45) is 3.38. The van der Waals surface area contributed by atoms with Crippen LogP contribution < -0.4 is 0 Å². The summed E-state index contributed by atoms with van der Waals surface area (Å²) in [6, 6.07) is 0. The molecule has 0 aromatic carbocycles. The minimum atomic E-state index is -0.296. The van der Waals surface area contributed by atoms with Crippen LogP contribution in [0.1, 0.15) is 0 Å². The molecule has 0 aromatic heterocycles. The van der Waals surface area contributed by atoms with Crippen LogP contribution in [0.4, 0.5) is 0 Å². The highest BCUT2D eigenvalue weighted by molar-refractivity contribution is 6.06. The lowest BCUT2D eigenvalue weighted by Gasteiger charge is -2.23. The topological polar surface area (TPSA) is 49.9 Å². The molecule has 0 radical (unpaired) electrons. The van der Waals surface area contributed by atoms with Crippen LogP contribution in [0.3, 0.4) is 0 Å². The fourth-order valence-electron chi connectivity index (χ4n) is 2.68. The maximum Gasteiger partial charge on any atom is 0.250 e. The minimum absolute atomic E-state index is 0.133. The maximum atomic E-state index is 12.0. The van der Waals surface area contributed by atoms with E-state index in [1.165, 1.54) is 5.01 Å². The summed E-state index contributed by atoms with van der Waals surface area (Å²) in [4.78, 5) is 24.0. The van der Waals surface area contributed by atoms with E-state index in [-0.39, 0.29) is 35.9 Å². The van der Waals surface area contributed by atoms with Gasteiger partial charge in [-0.2, -0.15) is 0 Å². The van der Waals surface area contributed by atoms with Gasteiger partial charge in [0, 0.05) is 14.1 Å². The molecule has 2 bridgehead atoms. The zero-order valence-electron chi connectivity index (χ0n) is 8.58. The monoisotopic (exact) mass is 208 g/mol. The molecule has 0 aromatic rings. The molecule has 3 heterocycles. The summed E-state index contributed by atoms with van der Waals surface area (Å²) in [5.74, 6) is -0.858. The number of hydrogen-bond donors (Lipinski definition) is 0. The third-order valence-electron chi connectivity index (χ3n) is 3.29. The molecule has 0 unspecified atom stereocenters. The molecular weight excluding hydrogens is 196 g/mol. The first-order valence-corrected chi connectivity index (χ1v) is 5.00. The Hall–Kier alpha value is -1.20. The molecule has 15 heavy (non-hydrogen) atoms. The number of amides is 2. The second-order valence-corrected chi connectivity index (χ2v) is 4.34. The van der Waals surface area contributed by atoms with Gasteiger partial charge < -0.3 is 4.74 Å². The standard InChI is InChI=1S/C10H12N2O3/c1-11(2)12-9(13)7-5-3-4-6(15-5)8(7)10(12)14/h3-8H,1-2H3/t5-,6-,7+,8+/m1/s1. The summed E-state index contributed by atoms with van der Waals surface area (Å²) in [7, 11) is 3.40. The fourth-order valence-corrected chi connectivity index (χ4v) is 2.68. The van der Waals surface area contributed by atoms with Gasteiger partial charge in [0.2, 0.25) is 0 Å². The second kappa shape index (κ2) is 2.68. The predicted molar refractivity (Wildman–Crippen MR) is 50.3 cm³/mol. The lowest BCUT2D eigenvalue weighted by atomic mass is 9.85. The summed E-state index contributed by atoms with van der Waals surface area (Å²) < 4.78 is 5.51. The highest BCUT2D eigenvalue weighted by Crippen LogP contribution is 2.45. The van der Waals surface area contributed by atoms with Gasteiger partial charge in [0.05, 0.1) is 24.0 Å². The number of nitrogens with zero attached hydrogens (tertiary/aromatic N) is 2. The van der Waals surface area contributed by atoms with E-state index in [0.717, 1.165) is 0 Å². The van der Waals surface area contributed by atoms with Crippen molar-refractivity contribution in [3.05, 3.63) is 12.2 Å². The van der Waals surface area contributed by atoms with Crippen molar-refractivity contribution in [3.63, 3.8) is 0 Å². The van der Waals surface area contributed by atoms with E-state index in [1.54, 1.807) is 19.1 Å². The van der Waals surface area contributed by atoms with Crippen LogP contribution in [0.15, 0.2) is 12.2 Å². The van der Waals surface area contributed by atoms with E-state index in [9.17, 15) is 9.59 Å². The van der Waals surface area contributed by atoms with Crippen molar-refractivity contribution < 1.29 is 14.3 Å². The van der Waals surface area contributed by atoms with E-state index in [2.05, 4.69) is 0 Å². The molecule has 0 spiro atoms. The summed E-state index contributed by atoms with van der Waals surface area (Å²) in [5, 5.41) is 2.77. The van der Waals surface area contributed by atoms with E-state index in [4.69, 9.17) is 4.74 Å². The Balaban J connectivity index is 2.00. The Labute approximate surface area is 87.2 Å². The molecule has 0 aliphatic carbocycles. The number of carbonyl (C=O) groups is 2. The molecule has 2 fully saturated rings. The number of carbonyl (C=O) groups excluding carboxylic acids is 2. The van der Waals surface area contributed by atoms with Crippen molar-refractivity contribution in [2.45, 2.75) is 12.2 Å². The van der Waals surface area contributed by atoms with Crippen molar-refractivity contribution in [2.24, 2.45) is 11.8 Å². The number of imide groups is 1. The van der Waals surface area contributed by atoms with Gasteiger partial charge in [-0.15, -0.1) is 0 Å². The van der Waals surface area contributed by atoms with Crippen LogP contribution in [0, 0.1) is 11.8 Å². The molecule has 3 aliphatic rings. The van der Waals surface area contributed by atoms with E-state index in [0.29, 0.717) is 0 Å². The largest absolute Gasteiger partial charge is 0.365 e. The van der Waals surface area contributed by atoms with Crippen molar-refractivity contribution in [3.8, 4) is 0 Å². The minimum Gasteiger partial charge on any atom is -0.365 e. The number of hydrazine groups is 1. The molecular formula is C10H12N2O3. The van der Waals surface area contributed by atoms with Gasteiger partial charge in [0.25, 0.3) is 11.8 Å².